The number of nitrogens with zero attached hydrogens (tertiary/aromatic N) is 3. The van der Waals surface area contributed by atoms with Crippen LogP contribution in [-0.2, 0) is 0 Å². The number of H-pyrrole nitrogens is 1. The van der Waals surface area contributed by atoms with Gasteiger partial charge in [-0.15, -0.1) is 0 Å². The van der Waals surface area contributed by atoms with Gasteiger partial charge in [0.05, 0.1) is 11.3 Å². The second-order valence-corrected chi connectivity index (χ2v) is 3.88. The van der Waals surface area contributed by atoms with Crippen LogP contribution in [0.25, 0.3) is 22.6 Å². The lowest BCUT2D eigenvalue weighted by atomic mass is 10.1. The standard InChI is InChI=1S/C14H10N4O/c19-14-12(11-4-1-2-6-15-11)10(5-9-18-14)13-16-7-3-8-17-13/h1-9H,(H,18,19). The highest BCUT2D eigenvalue weighted by molar-refractivity contribution is 5.77. The van der Waals surface area contributed by atoms with E-state index in [1.165, 1.54) is 0 Å². The summed E-state index contributed by atoms with van der Waals surface area (Å²) in [7, 11) is 0. The SMILES string of the molecule is O=c1[nH]ccc(-c2ncccn2)c1-c1ccccn1. The molecule has 0 saturated heterocycles. The molecule has 0 amide bonds. The van der Waals surface area contributed by atoms with Crippen molar-refractivity contribution in [3.05, 3.63) is 65.5 Å². The van der Waals surface area contributed by atoms with Crippen molar-refractivity contribution < 1.29 is 0 Å². The molecule has 0 radical (unpaired) electrons. The molecule has 19 heavy (non-hydrogen) atoms. The Kier molecular flexibility index (Phi) is 2.86. The summed E-state index contributed by atoms with van der Waals surface area (Å²) >= 11 is 0. The molecule has 0 aliphatic carbocycles. The van der Waals surface area contributed by atoms with Crippen LogP contribution in [0.15, 0.2) is 59.9 Å². The molecule has 0 aromatic carbocycles. The van der Waals surface area contributed by atoms with Gasteiger partial charge in [-0.1, -0.05) is 6.07 Å². The summed E-state index contributed by atoms with van der Waals surface area (Å²) in [5.74, 6) is 0.509. The zero-order valence-electron chi connectivity index (χ0n) is 9.95. The van der Waals surface area contributed by atoms with Gasteiger partial charge in [0.25, 0.3) is 5.56 Å². The predicted molar refractivity (Wildman–Crippen MR) is 71.3 cm³/mol. The first kappa shape index (κ1) is 11.3. The summed E-state index contributed by atoms with van der Waals surface area (Å²) in [5.41, 5.74) is 1.55. The van der Waals surface area contributed by atoms with Crippen molar-refractivity contribution in [2.75, 3.05) is 0 Å². The average Bonchev–Trinajstić information content (AvgIpc) is 2.49. The first-order chi connectivity index (χ1) is 9.36. The molecule has 0 aliphatic rings. The molecule has 3 heterocycles. The van der Waals surface area contributed by atoms with Gasteiger partial charge in [-0.05, 0) is 24.3 Å². The van der Waals surface area contributed by atoms with E-state index in [2.05, 4.69) is 19.9 Å². The third-order valence-corrected chi connectivity index (χ3v) is 2.69. The van der Waals surface area contributed by atoms with Crippen LogP contribution in [0.2, 0.25) is 0 Å². The molecule has 0 fully saturated rings. The average molecular weight is 250 g/mol. The number of aromatic amines is 1. The molecule has 3 aromatic heterocycles. The van der Waals surface area contributed by atoms with Gasteiger partial charge < -0.3 is 4.98 Å². The minimum atomic E-state index is -0.205. The molecule has 3 aromatic rings. The smallest absolute Gasteiger partial charge is 0.258 e. The highest BCUT2D eigenvalue weighted by Gasteiger charge is 2.13. The zero-order valence-corrected chi connectivity index (χ0v) is 9.95. The highest BCUT2D eigenvalue weighted by Crippen LogP contribution is 2.24. The van der Waals surface area contributed by atoms with Gasteiger partial charge in [0.2, 0.25) is 0 Å². The molecule has 3 rings (SSSR count). The third kappa shape index (κ3) is 2.13. The predicted octanol–water partition coefficient (Wildman–Crippen LogP) is 1.89. The molecular weight excluding hydrogens is 240 g/mol. The largest absolute Gasteiger partial charge is 0.328 e. The van der Waals surface area contributed by atoms with Crippen molar-refractivity contribution in [3.8, 4) is 22.6 Å². The van der Waals surface area contributed by atoms with E-state index in [9.17, 15) is 4.79 Å². The van der Waals surface area contributed by atoms with E-state index < -0.39 is 0 Å². The summed E-state index contributed by atoms with van der Waals surface area (Å²) in [5, 5.41) is 0. The second-order valence-electron chi connectivity index (χ2n) is 3.88. The minimum absolute atomic E-state index is 0.205. The normalized spacial score (nSPS) is 10.3. The lowest BCUT2D eigenvalue weighted by molar-refractivity contribution is 1.15. The maximum Gasteiger partial charge on any atom is 0.258 e. The number of nitrogens with one attached hydrogen (secondary N) is 1. The fraction of sp³-hybridized carbons (Fsp3) is 0. The van der Waals surface area contributed by atoms with Gasteiger partial charge >= 0.3 is 0 Å². The van der Waals surface area contributed by atoms with Gasteiger partial charge in [-0.25, -0.2) is 9.97 Å². The fourth-order valence-electron chi connectivity index (χ4n) is 1.87. The minimum Gasteiger partial charge on any atom is -0.328 e. The van der Waals surface area contributed by atoms with Gasteiger partial charge in [-0.3, -0.25) is 9.78 Å². The molecule has 0 spiro atoms. The Bertz CT molecular complexity index is 738. The van der Waals surface area contributed by atoms with Crippen LogP contribution in [-0.4, -0.2) is 19.9 Å². The van der Waals surface area contributed by atoms with Gasteiger partial charge in [0.1, 0.15) is 0 Å². The number of rotatable bonds is 2. The Balaban J connectivity index is 2.28. The van der Waals surface area contributed by atoms with Crippen molar-refractivity contribution in [2.45, 2.75) is 0 Å². The lowest BCUT2D eigenvalue weighted by Crippen LogP contribution is -2.10. The fourth-order valence-corrected chi connectivity index (χ4v) is 1.87. The Morgan fingerprint density at radius 1 is 0.895 bits per heavy atom. The Morgan fingerprint density at radius 2 is 1.68 bits per heavy atom. The monoisotopic (exact) mass is 250 g/mol. The van der Waals surface area contributed by atoms with Crippen LogP contribution in [0.1, 0.15) is 0 Å². The van der Waals surface area contributed by atoms with E-state index in [1.807, 2.05) is 6.07 Å². The van der Waals surface area contributed by atoms with Crippen LogP contribution in [0, 0.1) is 0 Å². The summed E-state index contributed by atoms with van der Waals surface area (Å²) in [6, 6.07) is 8.94. The topological polar surface area (TPSA) is 71.5 Å². The van der Waals surface area contributed by atoms with Crippen molar-refractivity contribution in [2.24, 2.45) is 0 Å². The van der Waals surface area contributed by atoms with Crippen LogP contribution in [0.4, 0.5) is 0 Å². The Labute approximate surface area is 109 Å². The van der Waals surface area contributed by atoms with E-state index in [-0.39, 0.29) is 5.56 Å². The number of pyridine rings is 2. The van der Waals surface area contributed by atoms with Gasteiger partial charge in [0, 0.05) is 30.4 Å². The van der Waals surface area contributed by atoms with Crippen LogP contribution >= 0.6 is 0 Å². The number of aromatic nitrogens is 4. The molecule has 0 unspecified atom stereocenters. The van der Waals surface area contributed by atoms with Gasteiger partial charge in [0.15, 0.2) is 5.82 Å². The van der Waals surface area contributed by atoms with Crippen molar-refractivity contribution in [1.82, 2.24) is 19.9 Å². The molecule has 0 saturated carbocycles. The van der Waals surface area contributed by atoms with Crippen LogP contribution in [0.5, 0.6) is 0 Å². The summed E-state index contributed by atoms with van der Waals surface area (Å²) in [4.78, 5) is 27.3. The quantitative estimate of drug-likeness (QED) is 0.754. The van der Waals surface area contributed by atoms with E-state index >= 15 is 0 Å². The molecule has 5 nitrogen and oxygen atoms in total. The zero-order chi connectivity index (χ0) is 13.1. The molecule has 0 atom stereocenters. The molecular formula is C14H10N4O. The second kappa shape index (κ2) is 4.81. The van der Waals surface area contributed by atoms with E-state index in [1.54, 1.807) is 49.1 Å². The molecule has 5 heteroatoms. The van der Waals surface area contributed by atoms with E-state index in [4.69, 9.17) is 0 Å². The summed E-state index contributed by atoms with van der Waals surface area (Å²) in [6.45, 7) is 0. The first-order valence-corrected chi connectivity index (χ1v) is 5.77. The Morgan fingerprint density at radius 3 is 2.42 bits per heavy atom. The maximum absolute atomic E-state index is 12.1. The molecule has 92 valence electrons. The van der Waals surface area contributed by atoms with Crippen LogP contribution in [0.3, 0.4) is 0 Å². The van der Waals surface area contributed by atoms with Crippen molar-refractivity contribution in [3.63, 3.8) is 0 Å². The van der Waals surface area contributed by atoms with E-state index in [0.29, 0.717) is 22.6 Å². The Hall–Kier alpha value is -2.82. The third-order valence-electron chi connectivity index (χ3n) is 2.69. The van der Waals surface area contributed by atoms with Crippen LogP contribution < -0.4 is 5.56 Å². The number of hydrogen-bond donors (Lipinski definition) is 1. The maximum atomic E-state index is 12.1. The highest BCUT2D eigenvalue weighted by atomic mass is 16.1. The molecule has 1 N–H and O–H groups in total. The molecule has 0 bridgehead atoms. The van der Waals surface area contributed by atoms with E-state index in [0.717, 1.165) is 0 Å². The van der Waals surface area contributed by atoms with Gasteiger partial charge in [-0.2, -0.15) is 0 Å². The van der Waals surface area contributed by atoms with Crippen molar-refractivity contribution in [1.29, 1.82) is 0 Å². The summed E-state index contributed by atoms with van der Waals surface area (Å²) < 4.78 is 0. The first-order valence-electron chi connectivity index (χ1n) is 5.77. The lowest BCUT2D eigenvalue weighted by Gasteiger charge is -2.06. The number of hydrogen-bond acceptors (Lipinski definition) is 4. The van der Waals surface area contributed by atoms with Crippen molar-refractivity contribution >= 4 is 0 Å². The summed E-state index contributed by atoms with van der Waals surface area (Å²) in [6.07, 6.45) is 6.52. The molecule has 0 aliphatic heterocycles.